The first-order valence-corrected chi connectivity index (χ1v) is 11.4. The van der Waals surface area contributed by atoms with Gasteiger partial charge in [-0.15, -0.1) is 0 Å². The highest BCUT2D eigenvalue weighted by Crippen LogP contribution is 2.45. The van der Waals surface area contributed by atoms with E-state index in [9.17, 15) is 4.79 Å². The summed E-state index contributed by atoms with van der Waals surface area (Å²) in [6.45, 7) is 20.9. The number of amides is 1. The summed E-state index contributed by atoms with van der Waals surface area (Å²) in [5.74, 6) is 1.18. The molecule has 1 aromatic carbocycles. The van der Waals surface area contributed by atoms with E-state index in [1.165, 1.54) is 0 Å². The Morgan fingerprint density at radius 1 is 1.14 bits per heavy atom. The van der Waals surface area contributed by atoms with Gasteiger partial charge in [0.05, 0.1) is 0 Å². The Balaban J connectivity index is 0.000000537. The van der Waals surface area contributed by atoms with Crippen LogP contribution < -0.4 is 4.74 Å². The van der Waals surface area contributed by atoms with Crippen LogP contribution in [-0.2, 0) is 4.79 Å². The Hall–Kier alpha value is -1.29. The van der Waals surface area contributed by atoms with Crippen molar-refractivity contribution in [2.24, 2.45) is 10.8 Å². The Morgan fingerprint density at radius 3 is 2.21 bits per heavy atom. The summed E-state index contributed by atoms with van der Waals surface area (Å²) in [5, 5.41) is 0. The molecule has 2 aliphatic heterocycles. The standard InChI is InChI=1S/C20H26BrNO2.C5H12/c1-14-12-20(24-17-6-5-15(21)11-16(14)17)7-9-22(10-8-20)18(23)13-19(2,3)4;1-5(2,3)4/h5-6,11H,1,7-10,12-13H2,2-4H3;1-4H3. The number of hydrogen-bond donors (Lipinski definition) is 0. The topological polar surface area (TPSA) is 29.5 Å². The summed E-state index contributed by atoms with van der Waals surface area (Å²) < 4.78 is 7.44. The van der Waals surface area contributed by atoms with Gasteiger partial charge in [0.15, 0.2) is 0 Å². The number of benzene rings is 1. The lowest BCUT2D eigenvalue weighted by molar-refractivity contribution is -0.136. The number of halogens is 1. The number of ether oxygens (including phenoxy) is 1. The minimum atomic E-state index is -0.198. The lowest BCUT2D eigenvalue weighted by Crippen LogP contribution is -2.51. The van der Waals surface area contributed by atoms with E-state index in [0.717, 1.165) is 53.7 Å². The molecule has 2 aliphatic rings. The van der Waals surface area contributed by atoms with Crippen molar-refractivity contribution in [3.63, 3.8) is 0 Å². The molecule has 162 valence electrons. The minimum Gasteiger partial charge on any atom is -0.486 e. The molecule has 0 aromatic heterocycles. The molecule has 1 spiro atoms. The number of carbonyl (C=O) groups is 1. The van der Waals surface area contributed by atoms with E-state index in [0.29, 0.717) is 11.8 Å². The monoisotopic (exact) mass is 463 g/mol. The molecule has 0 unspecified atom stereocenters. The summed E-state index contributed by atoms with van der Waals surface area (Å²) in [6.07, 6.45) is 3.19. The third-order valence-corrected chi connectivity index (χ3v) is 5.39. The van der Waals surface area contributed by atoms with Crippen LogP contribution in [-0.4, -0.2) is 29.5 Å². The molecule has 0 atom stereocenters. The zero-order valence-corrected chi connectivity index (χ0v) is 20.9. The van der Waals surface area contributed by atoms with Gasteiger partial charge in [-0.25, -0.2) is 0 Å². The molecule has 0 N–H and O–H groups in total. The van der Waals surface area contributed by atoms with Crippen LogP contribution in [0.25, 0.3) is 5.57 Å². The summed E-state index contributed by atoms with van der Waals surface area (Å²) in [7, 11) is 0. The number of carbonyl (C=O) groups excluding carboxylic acids is 1. The third kappa shape index (κ3) is 7.47. The van der Waals surface area contributed by atoms with Gasteiger partial charge in [-0.3, -0.25) is 4.79 Å². The number of hydrogen-bond acceptors (Lipinski definition) is 2. The van der Waals surface area contributed by atoms with Crippen LogP contribution in [0.2, 0.25) is 0 Å². The molecule has 29 heavy (non-hydrogen) atoms. The van der Waals surface area contributed by atoms with Gasteiger partial charge in [-0.05, 0) is 34.6 Å². The van der Waals surface area contributed by atoms with Crippen molar-refractivity contribution in [1.29, 1.82) is 0 Å². The molecule has 0 radical (unpaired) electrons. The molecule has 1 saturated heterocycles. The first-order chi connectivity index (χ1) is 13.2. The van der Waals surface area contributed by atoms with E-state index in [-0.39, 0.29) is 16.9 Å². The lowest BCUT2D eigenvalue weighted by atomic mass is 9.80. The van der Waals surface area contributed by atoms with Crippen molar-refractivity contribution in [3.8, 4) is 5.75 Å². The number of rotatable bonds is 1. The molecule has 1 aromatic rings. The zero-order chi connectivity index (χ0) is 22.0. The van der Waals surface area contributed by atoms with Crippen molar-refractivity contribution < 1.29 is 9.53 Å². The average Bonchev–Trinajstić information content (AvgIpc) is 2.53. The number of likely N-dealkylation sites (tertiary alicyclic amines) is 1. The molecule has 0 saturated carbocycles. The first kappa shape index (κ1) is 24.0. The van der Waals surface area contributed by atoms with Crippen LogP contribution in [0.15, 0.2) is 29.3 Å². The predicted octanol–water partition coefficient (Wildman–Crippen LogP) is 7.09. The second-order valence-electron chi connectivity index (χ2n) is 11.3. The molecule has 0 bridgehead atoms. The van der Waals surface area contributed by atoms with Crippen molar-refractivity contribution in [2.75, 3.05) is 13.1 Å². The van der Waals surface area contributed by atoms with Crippen LogP contribution in [0.5, 0.6) is 5.75 Å². The SMILES string of the molecule is C=C1CC2(CCN(C(=O)CC(C)(C)C)CC2)Oc2ccc(Br)cc21.CC(C)(C)C. The van der Waals surface area contributed by atoms with Gasteiger partial charge in [0, 0.05) is 48.8 Å². The molecule has 1 amide bonds. The largest absolute Gasteiger partial charge is 0.486 e. The fraction of sp³-hybridized carbons (Fsp3) is 0.640. The maximum atomic E-state index is 12.4. The highest BCUT2D eigenvalue weighted by molar-refractivity contribution is 9.10. The van der Waals surface area contributed by atoms with Gasteiger partial charge in [-0.2, -0.15) is 0 Å². The highest BCUT2D eigenvalue weighted by atomic mass is 79.9. The van der Waals surface area contributed by atoms with Gasteiger partial charge in [0.1, 0.15) is 11.4 Å². The fourth-order valence-corrected chi connectivity index (χ4v) is 3.99. The molecule has 2 heterocycles. The molecule has 4 heteroatoms. The molecule has 3 nitrogen and oxygen atoms in total. The van der Waals surface area contributed by atoms with Gasteiger partial charge in [0.25, 0.3) is 0 Å². The zero-order valence-electron chi connectivity index (χ0n) is 19.3. The van der Waals surface area contributed by atoms with Crippen LogP contribution in [0, 0.1) is 10.8 Å². The van der Waals surface area contributed by atoms with Crippen molar-refractivity contribution in [2.45, 2.75) is 79.8 Å². The van der Waals surface area contributed by atoms with Crippen LogP contribution >= 0.6 is 15.9 Å². The third-order valence-electron chi connectivity index (χ3n) is 4.89. The second kappa shape index (κ2) is 8.83. The van der Waals surface area contributed by atoms with Gasteiger partial charge in [0.2, 0.25) is 5.91 Å². The Morgan fingerprint density at radius 2 is 1.69 bits per heavy atom. The van der Waals surface area contributed by atoms with E-state index >= 15 is 0 Å². The summed E-state index contributed by atoms with van der Waals surface area (Å²) in [4.78, 5) is 14.4. The van der Waals surface area contributed by atoms with E-state index < -0.39 is 0 Å². The van der Waals surface area contributed by atoms with Gasteiger partial charge in [-0.1, -0.05) is 71.0 Å². The van der Waals surface area contributed by atoms with E-state index in [1.807, 2.05) is 17.0 Å². The predicted molar refractivity (Wildman–Crippen MR) is 126 cm³/mol. The summed E-state index contributed by atoms with van der Waals surface area (Å²) in [6, 6.07) is 6.10. The van der Waals surface area contributed by atoms with Crippen molar-refractivity contribution in [3.05, 3.63) is 34.8 Å². The average molecular weight is 464 g/mol. The molecule has 1 fully saturated rings. The van der Waals surface area contributed by atoms with Crippen molar-refractivity contribution >= 4 is 27.4 Å². The van der Waals surface area contributed by atoms with Gasteiger partial charge >= 0.3 is 0 Å². The highest BCUT2D eigenvalue weighted by Gasteiger charge is 2.42. The molecular formula is C25H38BrNO2. The number of piperidine rings is 1. The maximum absolute atomic E-state index is 12.4. The fourth-order valence-electron chi connectivity index (χ4n) is 3.63. The Bertz CT molecular complexity index is 741. The van der Waals surface area contributed by atoms with Crippen LogP contribution in [0.1, 0.15) is 79.7 Å². The summed E-state index contributed by atoms with van der Waals surface area (Å²) >= 11 is 3.51. The van der Waals surface area contributed by atoms with Crippen molar-refractivity contribution in [1.82, 2.24) is 4.90 Å². The number of nitrogens with zero attached hydrogens (tertiary/aromatic N) is 1. The Kier molecular flexibility index (Phi) is 7.30. The normalized spacial score (nSPS) is 18.5. The molecule has 0 aliphatic carbocycles. The minimum absolute atomic E-state index is 0.0359. The van der Waals surface area contributed by atoms with Crippen LogP contribution in [0.3, 0.4) is 0 Å². The van der Waals surface area contributed by atoms with E-state index in [1.54, 1.807) is 0 Å². The smallest absolute Gasteiger partial charge is 0.223 e. The van der Waals surface area contributed by atoms with Gasteiger partial charge < -0.3 is 9.64 Å². The lowest BCUT2D eigenvalue weighted by Gasteiger charge is -2.45. The molecular weight excluding hydrogens is 426 g/mol. The second-order valence-corrected chi connectivity index (χ2v) is 12.2. The number of fused-ring (bicyclic) bond motifs is 1. The maximum Gasteiger partial charge on any atom is 0.223 e. The van der Waals surface area contributed by atoms with E-state index in [2.05, 4.69) is 77.0 Å². The molecule has 3 rings (SSSR count). The summed E-state index contributed by atoms with van der Waals surface area (Å²) in [5.41, 5.74) is 2.57. The first-order valence-electron chi connectivity index (χ1n) is 10.6. The van der Waals surface area contributed by atoms with Crippen LogP contribution in [0.4, 0.5) is 0 Å². The quantitative estimate of drug-likeness (QED) is 0.444. The Labute approximate surface area is 186 Å². The van der Waals surface area contributed by atoms with E-state index in [4.69, 9.17) is 4.74 Å².